The fourth-order valence-corrected chi connectivity index (χ4v) is 6.96. The first-order valence-corrected chi connectivity index (χ1v) is 14.5. The Balaban J connectivity index is 1.54. The lowest BCUT2D eigenvalue weighted by Crippen LogP contribution is -2.51. The molecule has 0 unspecified atom stereocenters. The number of alkyl halides is 3. The highest BCUT2D eigenvalue weighted by atomic mass is 32.2. The van der Waals surface area contributed by atoms with E-state index in [1.807, 2.05) is 50.2 Å². The molecule has 0 radical (unpaired) electrons. The van der Waals surface area contributed by atoms with Crippen LogP contribution in [0.25, 0.3) is 0 Å². The van der Waals surface area contributed by atoms with Gasteiger partial charge in [-0.1, -0.05) is 53.6 Å². The van der Waals surface area contributed by atoms with Crippen LogP contribution in [-0.4, -0.2) is 56.3 Å². The van der Waals surface area contributed by atoms with Crippen LogP contribution in [0.4, 0.5) is 18.9 Å². The normalized spacial score (nSPS) is 14.6. The number of nitrogens with zero attached hydrogens (tertiary/aromatic N) is 3. The lowest BCUT2D eigenvalue weighted by Gasteiger charge is -2.37. The maximum atomic E-state index is 14.0. The molecule has 0 bridgehead atoms. The summed E-state index contributed by atoms with van der Waals surface area (Å²) in [5, 5.41) is 0. The van der Waals surface area contributed by atoms with Gasteiger partial charge in [-0.15, -0.1) is 0 Å². The molecular weight excluding hydrogens is 539 g/mol. The number of aryl methyl sites for hydroxylation is 4. The largest absolute Gasteiger partial charge is 0.416 e. The Bertz CT molecular complexity index is 1460. The average Bonchev–Trinajstić information content (AvgIpc) is 2.88. The number of rotatable bonds is 7. The standard InChI is InChI=1S/C30H34F3N3O3S/c1-21-8-10-25(11-9-21)19-36(40(38,39)29-23(3)16-22(2)17-24(29)4)20-28(37)35-14-12-34(13-15-35)27-7-5-6-26(18-27)30(31,32)33/h5-11,16-18H,12-15,19-20H2,1-4H3. The summed E-state index contributed by atoms with van der Waals surface area (Å²) in [6, 6.07) is 16.3. The Hall–Kier alpha value is -3.37. The lowest BCUT2D eigenvalue weighted by molar-refractivity contribution is -0.137. The molecule has 0 N–H and O–H groups in total. The van der Waals surface area contributed by atoms with E-state index in [0.717, 1.165) is 28.8 Å². The van der Waals surface area contributed by atoms with Crippen LogP contribution in [0, 0.1) is 27.7 Å². The summed E-state index contributed by atoms with van der Waals surface area (Å²) in [5.41, 5.74) is 3.71. The number of hydrogen-bond donors (Lipinski definition) is 0. The first kappa shape index (κ1) is 29.6. The molecule has 0 saturated carbocycles. The predicted octanol–water partition coefficient (Wildman–Crippen LogP) is 5.48. The molecule has 3 aromatic carbocycles. The third-order valence-electron chi connectivity index (χ3n) is 7.16. The van der Waals surface area contributed by atoms with E-state index in [9.17, 15) is 26.4 Å². The lowest BCUT2D eigenvalue weighted by atomic mass is 10.1. The molecule has 10 heteroatoms. The van der Waals surface area contributed by atoms with Crippen molar-refractivity contribution < 1.29 is 26.4 Å². The van der Waals surface area contributed by atoms with E-state index >= 15 is 0 Å². The molecule has 6 nitrogen and oxygen atoms in total. The second-order valence-corrected chi connectivity index (χ2v) is 12.3. The Kier molecular flexibility index (Phi) is 8.60. The SMILES string of the molecule is Cc1ccc(CN(CC(=O)N2CCN(c3cccc(C(F)(F)F)c3)CC2)S(=O)(=O)c2c(C)cc(C)cc2C)cc1. The molecule has 1 aliphatic heterocycles. The van der Waals surface area contributed by atoms with E-state index < -0.39 is 21.8 Å². The van der Waals surface area contributed by atoms with E-state index in [4.69, 9.17) is 0 Å². The van der Waals surface area contributed by atoms with Gasteiger partial charge in [0.05, 0.1) is 17.0 Å². The van der Waals surface area contributed by atoms with Crippen LogP contribution in [0.5, 0.6) is 0 Å². The van der Waals surface area contributed by atoms with Crippen molar-refractivity contribution in [1.29, 1.82) is 0 Å². The Morgan fingerprint density at radius 3 is 2.02 bits per heavy atom. The van der Waals surface area contributed by atoms with E-state index in [1.165, 1.54) is 10.4 Å². The van der Waals surface area contributed by atoms with Crippen molar-refractivity contribution in [3.05, 3.63) is 94.0 Å². The molecule has 214 valence electrons. The van der Waals surface area contributed by atoms with Gasteiger partial charge in [0.25, 0.3) is 0 Å². The second kappa shape index (κ2) is 11.6. The topological polar surface area (TPSA) is 60.9 Å². The van der Waals surface area contributed by atoms with Crippen LogP contribution in [0.2, 0.25) is 0 Å². The Labute approximate surface area is 234 Å². The minimum Gasteiger partial charge on any atom is -0.368 e. The first-order valence-electron chi connectivity index (χ1n) is 13.1. The number of benzene rings is 3. The smallest absolute Gasteiger partial charge is 0.368 e. The maximum Gasteiger partial charge on any atom is 0.416 e. The minimum atomic E-state index is -4.44. The molecule has 40 heavy (non-hydrogen) atoms. The number of amides is 1. The molecule has 1 fully saturated rings. The molecule has 0 atom stereocenters. The zero-order valence-electron chi connectivity index (χ0n) is 23.1. The monoisotopic (exact) mass is 573 g/mol. The number of carbonyl (C=O) groups excluding carboxylic acids is 1. The van der Waals surface area contributed by atoms with Crippen molar-refractivity contribution in [1.82, 2.24) is 9.21 Å². The van der Waals surface area contributed by atoms with Gasteiger partial charge in [0.15, 0.2) is 0 Å². The fraction of sp³-hybridized carbons (Fsp3) is 0.367. The number of carbonyl (C=O) groups is 1. The van der Waals surface area contributed by atoms with Crippen molar-refractivity contribution in [3.63, 3.8) is 0 Å². The van der Waals surface area contributed by atoms with Gasteiger partial charge in [0, 0.05) is 38.4 Å². The highest BCUT2D eigenvalue weighted by Gasteiger charge is 2.33. The molecule has 1 heterocycles. The molecule has 3 aromatic rings. The molecule has 0 spiro atoms. The zero-order chi connectivity index (χ0) is 29.2. The van der Waals surface area contributed by atoms with Crippen LogP contribution >= 0.6 is 0 Å². The number of hydrogen-bond acceptors (Lipinski definition) is 4. The van der Waals surface area contributed by atoms with Crippen molar-refractivity contribution in [2.75, 3.05) is 37.6 Å². The van der Waals surface area contributed by atoms with Gasteiger partial charge < -0.3 is 9.80 Å². The molecule has 0 aliphatic carbocycles. The van der Waals surface area contributed by atoms with Gasteiger partial charge in [0.2, 0.25) is 15.9 Å². The van der Waals surface area contributed by atoms with Crippen molar-refractivity contribution in [3.8, 4) is 0 Å². The number of sulfonamides is 1. The molecule has 1 saturated heterocycles. The summed E-state index contributed by atoms with van der Waals surface area (Å²) in [5.74, 6) is -0.346. The summed E-state index contributed by atoms with van der Waals surface area (Å²) in [6.45, 7) is 8.28. The van der Waals surface area contributed by atoms with E-state index in [2.05, 4.69) is 0 Å². The molecule has 1 amide bonds. The van der Waals surface area contributed by atoms with Crippen LogP contribution in [0.3, 0.4) is 0 Å². The van der Waals surface area contributed by atoms with Gasteiger partial charge in [-0.05, 0) is 62.6 Å². The minimum absolute atomic E-state index is 0.0330. The number of anilines is 1. The van der Waals surface area contributed by atoms with Crippen molar-refractivity contribution in [2.45, 2.75) is 45.3 Å². The quantitative estimate of drug-likeness (QED) is 0.376. The van der Waals surface area contributed by atoms with Gasteiger partial charge >= 0.3 is 6.18 Å². The highest BCUT2D eigenvalue weighted by molar-refractivity contribution is 7.89. The van der Waals surface area contributed by atoms with Crippen molar-refractivity contribution in [2.24, 2.45) is 0 Å². The molecular formula is C30H34F3N3O3S. The van der Waals surface area contributed by atoms with Gasteiger partial charge in [-0.2, -0.15) is 17.5 Å². The van der Waals surface area contributed by atoms with E-state index in [-0.39, 0.29) is 37.0 Å². The van der Waals surface area contributed by atoms with Crippen LogP contribution < -0.4 is 4.90 Å². The molecule has 1 aliphatic rings. The summed E-state index contributed by atoms with van der Waals surface area (Å²) < 4.78 is 68.7. The Morgan fingerprint density at radius 1 is 0.850 bits per heavy atom. The third kappa shape index (κ3) is 6.67. The number of halogens is 3. The highest BCUT2D eigenvalue weighted by Crippen LogP contribution is 2.32. The summed E-state index contributed by atoms with van der Waals surface area (Å²) in [6.07, 6.45) is -4.44. The third-order valence-corrected chi connectivity index (χ3v) is 9.26. The van der Waals surface area contributed by atoms with Crippen LogP contribution in [-0.2, 0) is 27.5 Å². The summed E-state index contributed by atoms with van der Waals surface area (Å²) in [7, 11) is -4.02. The van der Waals surface area contributed by atoms with Gasteiger partial charge in [-0.25, -0.2) is 8.42 Å². The van der Waals surface area contributed by atoms with Crippen molar-refractivity contribution >= 4 is 21.6 Å². The maximum absolute atomic E-state index is 14.0. The van der Waals surface area contributed by atoms with Gasteiger partial charge in [-0.3, -0.25) is 4.79 Å². The number of piperazine rings is 1. The fourth-order valence-electron chi connectivity index (χ4n) is 5.17. The predicted molar refractivity (Wildman–Crippen MR) is 150 cm³/mol. The molecule has 0 aromatic heterocycles. The van der Waals surface area contributed by atoms with E-state index in [1.54, 1.807) is 29.7 Å². The zero-order valence-corrected chi connectivity index (χ0v) is 23.9. The Morgan fingerprint density at radius 2 is 1.45 bits per heavy atom. The summed E-state index contributed by atoms with van der Waals surface area (Å²) in [4.78, 5) is 17.0. The van der Waals surface area contributed by atoms with E-state index in [0.29, 0.717) is 29.9 Å². The average molecular weight is 574 g/mol. The second-order valence-electron chi connectivity index (χ2n) is 10.4. The van der Waals surface area contributed by atoms with Crippen LogP contribution in [0.15, 0.2) is 65.6 Å². The molecule has 4 rings (SSSR count). The van der Waals surface area contributed by atoms with Crippen LogP contribution in [0.1, 0.15) is 33.4 Å². The first-order chi connectivity index (χ1) is 18.8. The summed E-state index contributed by atoms with van der Waals surface area (Å²) >= 11 is 0. The van der Waals surface area contributed by atoms with Gasteiger partial charge in [0.1, 0.15) is 0 Å².